The standard InChI is InChI=1S/C25H32ClF3NO7P/c1-23(2,3)37-22(31)30-24(4,16-35-38(32,33-5)34-6)13-12-17-10-11-20(15-21(17)26)36-19-9-7-8-18(14-19)25(27,28)29/h7-11,14-15H,12-13,16H2,1-6H3,(H,30,31)/t24-/m1/s1. The van der Waals surface area contributed by atoms with Crippen molar-refractivity contribution >= 4 is 25.5 Å². The number of alkyl carbamates (subject to hydrolysis) is 1. The van der Waals surface area contributed by atoms with Crippen LogP contribution >= 0.6 is 19.4 Å². The second-order valence-corrected chi connectivity index (χ2v) is 11.9. The number of carbonyl (C=O) groups is 1. The van der Waals surface area contributed by atoms with Crippen LogP contribution in [0.5, 0.6) is 11.5 Å². The number of ether oxygens (including phenoxy) is 2. The highest BCUT2D eigenvalue weighted by atomic mass is 35.5. The molecule has 1 N–H and O–H groups in total. The molecule has 0 fully saturated rings. The Morgan fingerprint density at radius 2 is 1.63 bits per heavy atom. The predicted molar refractivity (Wildman–Crippen MR) is 137 cm³/mol. The van der Waals surface area contributed by atoms with Crippen LogP contribution in [0.1, 0.15) is 45.2 Å². The van der Waals surface area contributed by atoms with Gasteiger partial charge in [-0.3, -0.25) is 13.6 Å². The lowest BCUT2D eigenvalue weighted by Crippen LogP contribution is -2.51. The molecule has 0 aromatic heterocycles. The maximum atomic E-state index is 13.0. The van der Waals surface area contributed by atoms with E-state index in [1.165, 1.54) is 32.4 Å². The number of phosphoric acid groups is 1. The maximum Gasteiger partial charge on any atom is 0.474 e. The van der Waals surface area contributed by atoms with Gasteiger partial charge in [-0.25, -0.2) is 9.36 Å². The second-order valence-electron chi connectivity index (χ2n) is 9.65. The molecule has 0 radical (unpaired) electrons. The molecule has 13 heteroatoms. The minimum atomic E-state index is -4.50. The number of benzene rings is 2. The third-order valence-electron chi connectivity index (χ3n) is 5.16. The molecule has 2 aromatic rings. The van der Waals surface area contributed by atoms with E-state index in [4.69, 9.17) is 34.6 Å². The number of hydrogen-bond donors (Lipinski definition) is 1. The number of rotatable bonds is 11. The van der Waals surface area contributed by atoms with Crippen LogP contribution in [-0.4, -0.2) is 38.1 Å². The Bertz CT molecular complexity index is 1150. The minimum Gasteiger partial charge on any atom is -0.457 e. The lowest BCUT2D eigenvalue weighted by Gasteiger charge is -2.32. The Kier molecular flexibility index (Phi) is 10.7. The first-order valence-electron chi connectivity index (χ1n) is 11.5. The van der Waals surface area contributed by atoms with E-state index in [0.717, 1.165) is 12.1 Å². The fourth-order valence-corrected chi connectivity index (χ4v) is 4.27. The van der Waals surface area contributed by atoms with Gasteiger partial charge >= 0.3 is 20.1 Å². The lowest BCUT2D eigenvalue weighted by molar-refractivity contribution is -0.137. The summed E-state index contributed by atoms with van der Waals surface area (Å²) in [5.41, 5.74) is -1.99. The van der Waals surface area contributed by atoms with E-state index < -0.39 is 36.8 Å². The number of alkyl halides is 3. The molecule has 0 aliphatic rings. The fraction of sp³-hybridized carbons (Fsp3) is 0.480. The van der Waals surface area contributed by atoms with Crippen molar-refractivity contribution in [3.63, 3.8) is 0 Å². The molecule has 38 heavy (non-hydrogen) atoms. The number of amides is 1. The molecule has 212 valence electrons. The molecule has 1 amide bonds. The van der Waals surface area contributed by atoms with Gasteiger partial charge in [0.05, 0.1) is 17.7 Å². The van der Waals surface area contributed by atoms with Crippen molar-refractivity contribution in [2.75, 3.05) is 20.8 Å². The van der Waals surface area contributed by atoms with Crippen molar-refractivity contribution in [3.05, 3.63) is 58.6 Å². The number of halogens is 4. The molecule has 0 heterocycles. The number of nitrogens with one attached hydrogen (secondary N) is 1. The summed E-state index contributed by atoms with van der Waals surface area (Å²) in [6.45, 7) is 6.58. The molecule has 0 saturated carbocycles. The van der Waals surface area contributed by atoms with Gasteiger partial charge in [0.2, 0.25) is 0 Å². The molecule has 0 bridgehead atoms. The molecular formula is C25H32ClF3NO7P. The zero-order chi connectivity index (χ0) is 28.8. The summed E-state index contributed by atoms with van der Waals surface area (Å²) in [5.74, 6) is 0.257. The lowest BCUT2D eigenvalue weighted by atomic mass is 9.94. The average Bonchev–Trinajstić information content (AvgIpc) is 2.80. The first-order valence-corrected chi connectivity index (χ1v) is 13.3. The van der Waals surface area contributed by atoms with Crippen LogP contribution < -0.4 is 10.1 Å². The normalized spacial score (nSPS) is 14.1. The summed E-state index contributed by atoms with van der Waals surface area (Å²) in [5, 5.41) is 3.04. The molecule has 0 aliphatic heterocycles. The fourth-order valence-electron chi connectivity index (χ4n) is 3.20. The van der Waals surface area contributed by atoms with E-state index in [1.807, 2.05) is 0 Å². The van der Waals surface area contributed by atoms with Gasteiger partial charge in [-0.15, -0.1) is 0 Å². The molecule has 0 saturated heterocycles. The molecule has 0 spiro atoms. The molecule has 2 aromatic carbocycles. The van der Waals surface area contributed by atoms with Gasteiger partial charge in [-0.1, -0.05) is 23.7 Å². The van der Waals surface area contributed by atoms with Crippen LogP contribution in [-0.2, 0) is 35.5 Å². The summed E-state index contributed by atoms with van der Waals surface area (Å²) in [6.07, 6.45) is -4.59. The Balaban J connectivity index is 2.17. The van der Waals surface area contributed by atoms with Gasteiger partial charge in [0.25, 0.3) is 0 Å². The van der Waals surface area contributed by atoms with E-state index in [-0.39, 0.29) is 24.5 Å². The van der Waals surface area contributed by atoms with E-state index in [0.29, 0.717) is 17.0 Å². The van der Waals surface area contributed by atoms with Gasteiger partial charge in [0, 0.05) is 19.2 Å². The molecule has 0 aliphatic carbocycles. The van der Waals surface area contributed by atoms with Crippen LogP contribution in [0.2, 0.25) is 5.02 Å². The molecule has 1 atom stereocenters. The second kappa shape index (κ2) is 12.7. The van der Waals surface area contributed by atoms with Crippen LogP contribution in [0.15, 0.2) is 42.5 Å². The predicted octanol–water partition coefficient (Wildman–Crippen LogP) is 7.78. The maximum absolute atomic E-state index is 13.0. The quantitative estimate of drug-likeness (QED) is 0.271. The summed E-state index contributed by atoms with van der Waals surface area (Å²) in [7, 11) is -1.48. The summed E-state index contributed by atoms with van der Waals surface area (Å²) in [4.78, 5) is 12.5. The van der Waals surface area contributed by atoms with E-state index in [2.05, 4.69) is 5.32 Å². The van der Waals surface area contributed by atoms with Crippen molar-refractivity contribution in [1.82, 2.24) is 5.32 Å². The van der Waals surface area contributed by atoms with Gasteiger partial charge in [-0.2, -0.15) is 13.2 Å². The van der Waals surface area contributed by atoms with E-state index in [1.54, 1.807) is 39.8 Å². The molecule has 2 rings (SSSR count). The number of phosphoric ester groups is 1. The van der Waals surface area contributed by atoms with E-state index in [9.17, 15) is 22.5 Å². The largest absolute Gasteiger partial charge is 0.474 e. The highest BCUT2D eigenvalue weighted by Gasteiger charge is 2.34. The molecule has 8 nitrogen and oxygen atoms in total. The Morgan fingerprint density at radius 1 is 1.00 bits per heavy atom. The topological polar surface area (TPSA) is 92.3 Å². The van der Waals surface area contributed by atoms with Crippen molar-refractivity contribution in [1.29, 1.82) is 0 Å². The minimum absolute atomic E-state index is 0.00985. The smallest absolute Gasteiger partial charge is 0.457 e. The van der Waals surface area contributed by atoms with E-state index >= 15 is 0 Å². The highest BCUT2D eigenvalue weighted by molar-refractivity contribution is 7.48. The first kappa shape index (κ1) is 31.9. The van der Waals surface area contributed by atoms with Crippen LogP contribution in [0, 0.1) is 0 Å². The van der Waals surface area contributed by atoms with Crippen LogP contribution in [0.3, 0.4) is 0 Å². The van der Waals surface area contributed by atoms with Crippen LogP contribution in [0.25, 0.3) is 0 Å². The molecule has 0 unspecified atom stereocenters. The van der Waals surface area contributed by atoms with Crippen molar-refractivity contribution < 1.29 is 45.6 Å². The summed E-state index contributed by atoms with van der Waals surface area (Å²) >= 11 is 6.43. The number of aryl methyl sites for hydroxylation is 1. The van der Waals surface area contributed by atoms with Crippen LogP contribution in [0.4, 0.5) is 18.0 Å². The van der Waals surface area contributed by atoms with Crippen molar-refractivity contribution in [2.45, 2.75) is 57.9 Å². The van der Waals surface area contributed by atoms with Gasteiger partial charge in [0.15, 0.2) is 0 Å². The number of carbonyl (C=O) groups excluding carboxylic acids is 1. The van der Waals surface area contributed by atoms with Gasteiger partial charge in [0.1, 0.15) is 17.1 Å². The zero-order valence-electron chi connectivity index (χ0n) is 22.0. The monoisotopic (exact) mass is 581 g/mol. The third kappa shape index (κ3) is 10.1. The Labute approximate surface area is 225 Å². The van der Waals surface area contributed by atoms with Crippen molar-refractivity contribution in [2.24, 2.45) is 0 Å². The SMILES string of the molecule is COP(=O)(OC)OC[C@@](C)(CCc1ccc(Oc2cccc(C(F)(F)F)c2)cc1Cl)NC(=O)OC(C)(C)C. The summed E-state index contributed by atoms with van der Waals surface area (Å²) in [6, 6.07) is 9.22. The van der Waals surface area contributed by atoms with Crippen molar-refractivity contribution in [3.8, 4) is 11.5 Å². The third-order valence-corrected chi connectivity index (χ3v) is 6.85. The zero-order valence-corrected chi connectivity index (χ0v) is 23.6. The molecular weight excluding hydrogens is 550 g/mol. The summed E-state index contributed by atoms with van der Waals surface area (Å²) < 4.78 is 77.2. The first-order chi connectivity index (χ1) is 17.5. The average molecular weight is 582 g/mol. The van der Waals surface area contributed by atoms with Gasteiger partial charge < -0.3 is 14.8 Å². The Morgan fingerprint density at radius 3 is 2.18 bits per heavy atom. The Hall–Kier alpha value is -2.30. The highest BCUT2D eigenvalue weighted by Crippen LogP contribution is 2.48. The number of hydrogen-bond acceptors (Lipinski definition) is 7. The van der Waals surface area contributed by atoms with Gasteiger partial charge in [-0.05, 0) is 76.4 Å².